The van der Waals surface area contributed by atoms with Crippen molar-refractivity contribution in [2.45, 2.75) is 0 Å². The second-order valence-corrected chi connectivity index (χ2v) is 10.1. The number of fused-ring (bicyclic) bond motifs is 3. The Bertz CT molecular complexity index is 2140. The van der Waals surface area contributed by atoms with Crippen molar-refractivity contribution in [2.75, 3.05) is 0 Å². The molecule has 2 aromatic heterocycles. The average Bonchev–Trinajstić information content (AvgIpc) is 3.55. The normalized spacial score (nSPS) is 11.4. The van der Waals surface area contributed by atoms with Crippen molar-refractivity contribution in [1.82, 2.24) is 15.2 Å². The fourth-order valence-electron chi connectivity index (χ4n) is 5.83. The van der Waals surface area contributed by atoms with Crippen LogP contribution in [0, 0.1) is 0 Å². The lowest BCUT2D eigenvalue weighted by Gasteiger charge is -2.18. The summed E-state index contributed by atoms with van der Waals surface area (Å²) in [5.74, 6) is 1.02. The third kappa shape index (κ3) is 3.88. The van der Waals surface area contributed by atoms with Gasteiger partial charge in [-0.15, -0.1) is 10.2 Å². The van der Waals surface area contributed by atoms with Crippen LogP contribution in [0.25, 0.3) is 77.6 Å². The highest BCUT2D eigenvalue weighted by atomic mass is 16.4. The second kappa shape index (κ2) is 9.54. The van der Waals surface area contributed by atoms with Gasteiger partial charge in [0, 0.05) is 28.3 Å². The van der Waals surface area contributed by atoms with E-state index < -0.39 is 0 Å². The average molecular weight is 526 g/mol. The van der Waals surface area contributed by atoms with Crippen LogP contribution in [0.2, 0.25) is 0 Å². The van der Waals surface area contributed by atoms with Gasteiger partial charge >= 0.3 is 0 Å². The van der Waals surface area contributed by atoms with Crippen molar-refractivity contribution < 1.29 is 4.42 Å². The predicted molar refractivity (Wildman–Crippen MR) is 166 cm³/mol. The van der Waals surface area contributed by atoms with Gasteiger partial charge in [-0.1, -0.05) is 103 Å². The zero-order valence-corrected chi connectivity index (χ0v) is 22.0. The van der Waals surface area contributed by atoms with Gasteiger partial charge in [0.15, 0.2) is 0 Å². The van der Waals surface area contributed by atoms with Crippen molar-refractivity contribution in [3.8, 4) is 45.3 Å². The van der Waals surface area contributed by atoms with Gasteiger partial charge in [0.25, 0.3) is 0 Å². The van der Waals surface area contributed by atoms with Gasteiger partial charge in [-0.05, 0) is 68.4 Å². The van der Waals surface area contributed by atoms with E-state index in [9.17, 15) is 0 Å². The topological polar surface area (TPSA) is 51.8 Å². The van der Waals surface area contributed by atoms with Crippen LogP contribution >= 0.6 is 0 Å². The number of pyridine rings is 1. The van der Waals surface area contributed by atoms with Crippen LogP contribution in [-0.2, 0) is 0 Å². The van der Waals surface area contributed by atoms with Gasteiger partial charge in [0.2, 0.25) is 11.8 Å². The van der Waals surface area contributed by atoms with Crippen molar-refractivity contribution in [1.29, 1.82) is 0 Å². The molecule has 0 N–H and O–H groups in total. The minimum atomic E-state index is 0.502. The Balaban J connectivity index is 1.31. The summed E-state index contributed by atoms with van der Waals surface area (Å²) in [6.45, 7) is 0. The fraction of sp³-hybridized carbons (Fsp3) is 0. The minimum Gasteiger partial charge on any atom is -0.416 e. The van der Waals surface area contributed by atoms with E-state index in [-0.39, 0.29) is 0 Å². The van der Waals surface area contributed by atoms with E-state index in [1.807, 2.05) is 36.5 Å². The maximum Gasteiger partial charge on any atom is 0.248 e. The van der Waals surface area contributed by atoms with Crippen LogP contribution in [0.3, 0.4) is 0 Å². The lowest BCUT2D eigenvalue weighted by atomic mass is 9.86. The van der Waals surface area contributed by atoms with Crippen molar-refractivity contribution in [2.24, 2.45) is 0 Å². The number of nitrogens with zero attached hydrogens (tertiary/aromatic N) is 3. The molecule has 41 heavy (non-hydrogen) atoms. The first kappa shape index (κ1) is 23.3. The molecule has 0 fully saturated rings. The molecule has 0 aliphatic heterocycles. The second-order valence-electron chi connectivity index (χ2n) is 10.1. The van der Waals surface area contributed by atoms with Crippen molar-refractivity contribution >= 4 is 32.3 Å². The zero-order valence-electron chi connectivity index (χ0n) is 22.0. The molecule has 0 bridgehead atoms. The third-order valence-electron chi connectivity index (χ3n) is 7.71. The molecule has 0 amide bonds. The fourth-order valence-corrected chi connectivity index (χ4v) is 5.83. The number of rotatable bonds is 4. The number of benzene rings is 6. The minimum absolute atomic E-state index is 0.502. The lowest BCUT2D eigenvalue weighted by Crippen LogP contribution is -1.93. The SMILES string of the molecule is c1ccc(-c2nnc(-c3ccc(-c4c5ccccc5c(-c5nccc6ccccc56)c5ccccc45)cc3)o2)cc1. The monoisotopic (exact) mass is 525 g/mol. The van der Waals surface area contributed by atoms with Gasteiger partial charge < -0.3 is 4.42 Å². The van der Waals surface area contributed by atoms with Crippen LogP contribution < -0.4 is 0 Å². The van der Waals surface area contributed by atoms with E-state index in [2.05, 4.69) is 113 Å². The number of hydrogen-bond acceptors (Lipinski definition) is 4. The Morgan fingerprint density at radius 1 is 0.390 bits per heavy atom. The molecule has 0 spiro atoms. The van der Waals surface area contributed by atoms with Crippen LogP contribution in [0.1, 0.15) is 0 Å². The Kier molecular flexibility index (Phi) is 5.42. The molecule has 8 rings (SSSR count). The first-order valence-electron chi connectivity index (χ1n) is 13.6. The first-order valence-corrected chi connectivity index (χ1v) is 13.6. The van der Waals surface area contributed by atoms with E-state index in [1.165, 1.54) is 32.5 Å². The molecule has 2 heterocycles. The summed E-state index contributed by atoms with van der Waals surface area (Å²) in [6, 6.07) is 46.1. The van der Waals surface area contributed by atoms with Gasteiger partial charge in [-0.25, -0.2) is 0 Å². The zero-order chi connectivity index (χ0) is 27.2. The van der Waals surface area contributed by atoms with E-state index in [0.717, 1.165) is 33.3 Å². The maximum absolute atomic E-state index is 6.01. The highest BCUT2D eigenvalue weighted by Gasteiger charge is 2.19. The lowest BCUT2D eigenvalue weighted by molar-refractivity contribution is 0.584. The van der Waals surface area contributed by atoms with Crippen LogP contribution in [-0.4, -0.2) is 15.2 Å². The van der Waals surface area contributed by atoms with E-state index in [4.69, 9.17) is 9.40 Å². The standard InChI is InChI=1S/C37H23N3O/c1-2-11-26(12-3-1)36-39-40-37(41-36)27-20-18-25(19-21-27)33-29-14-6-8-16-31(29)34(32-17-9-7-15-30(32)33)35-28-13-5-4-10-24(28)22-23-38-35/h1-23H. The third-order valence-corrected chi connectivity index (χ3v) is 7.71. The molecule has 0 aliphatic carbocycles. The Hall–Kier alpha value is -5.61. The molecular formula is C37H23N3O. The van der Waals surface area contributed by atoms with Gasteiger partial charge in [-0.2, -0.15) is 0 Å². The van der Waals surface area contributed by atoms with Gasteiger partial charge in [-0.3, -0.25) is 4.98 Å². The molecule has 8 aromatic rings. The first-order chi connectivity index (χ1) is 20.3. The molecule has 0 aliphatic rings. The number of aromatic nitrogens is 3. The molecule has 0 unspecified atom stereocenters. The van der Waals surface area contributed by atoms with Crippen LogP contribution in [0.5, 0.6) is 0 Å². The summed E-state index contributed by atoms with van der Waals surface area (Å²) in [7, 11) is 0. The van der Waals surface area contributed by atoms with Crippen LogP contribution in [0.4, 0.5) is 0 Å². The highest BCUT2D eigenvalue weighted by Crippen LogP contribution is 2.44. The van der Waals surface area contributed by atoms with E-state index in [1.54, 1.807) is 0 Å². The number of hydrogen-bond donors (Lipinski definition) is 0. The summed E-state index contributed by atoms with van der Waals surface area (Å²) in [4.78, 5) is 4.93. The molecule has 0 saturated heterocycles. The Labute approximate surface area is 236 Å². The van der Waals surface area contributed by atoms with Gasteiger partial charge in [0.05, 0.1) is 5.69 Å². The summed E-state index contributed by atoms with van der Waals surface area (Å²) < 4.78 is 6.01. The van der Waals surface area contributed by atoms with E-state index >= 15 is 0 Å². The molecule has 0 atom stereocenters. The molecule has 4 heteroatoms. The Morgan fingerprint density at radius 3 is 1.51 bits per heavy atom. The summed E-state index contributed by atoms with van der Waals surface area (Å²) in [5, 5.41) is 15.6. The largest absolute Gasteiger partial charge is 0.416 e. The molecule has 6 aromatic carbocycles. The molecule has 4 nitrogen and oxygen atoms in total. The van der Waals surface area contributed by atoms with E-state index in [0.29, 0.717) is 11.8 Å². The molecule has 0 radical (unpaired) electrons. The van der Waals surface area contributed by atoms with Crippen molar-refractivity contribution in [3.63, 3.8) is 0 Å². The Morgan fingerprint density at radius 2 is 0.878 bits per heavy atom. The summed E-state index contributed by atoms with van der Waals surface area (Å²) in [5.41, 5.74) is 6.27. The molecular weight excluding hydrogens is 502 g/mol. The smallest absolute Gasteiger partial charge is 0.248 e. The van der Waals surface area contributed by atoms with Gasteiger partial charge in [0.1, 0.15) is 0 Å². The van der Waals surface area contributed by atoms with Crippen molar-refractivity contribution in [3.05, 3.63) is 140 Å². The van der Waals surface area contributed by atoms with Crippen LogP contribution in [0.15, 0.2) is 144 Å². The quantitative estimate of drug-likeness (QED) is 0.215. The maximum atomic E-state index is 6.01. The predicted octanol–water partition coefficient (Wildman–Crippen LogP) is 9.59. The molecule has 192 valence electrons. The summed E-state index contributed by atoms with van der Waals surface area (Å²) in [6.07, 6.45) is 1.91. The highest BCUT2D eigenvalue weighted by molar-refractivity contribution is 6.22. The summed E-state index contributed by atoms with van der Waals surface area (Å²) >= 11 is 0. The molecule has 0 saturated carbocycles.